The number of ether oxygens (including phenoxy) is 2. The third kappa shape index (κ3) is 3.27. The van der Waals surface area contributed by atoms with E-state index in [4.69, 9.17) is 14.0 Å². The highest BCUT2D eigenvalue weighted by Gasteiger charge is 2.41. The molecule has 1 N–H and O–H groups in total. The zero-order valence-corrected chi connectivity index (χ0v) is 18.7. The van der Waals surface area contributed by atoms with Gasteiger partial charge in [-0.05, 0) is 49.4 Å². The molecule has 2 heterocycles. The fraction of sp³-hybridized carbons (Fsp3) is 0.308. The Balaban J connectivity index is 1.58. The molecule has 0 spiro atoms. The summed E-state index contributed by atoms with van der Waals surface area (Å²) in [5, 5.41) is 7.58. The lowest BCUT2D eigenvalue weighted by atomic mass is 9.72. The Morgan fingerprint density at radius 2 is 1.81 bits per heavy atom. The van der Waals surface area contributed by atoms with Gasteiger partial charge in [0, 0.05) is 23.6 Å². The molecular formula is C26H26N2O4. The number of hydrogen-bond acceptors (Lipinski definition) is 6. The minimum atomic E-state index is -0.175. The van der Waals surface area contributed by atoms with Gasteiger partial charge in [-0.15, -0.1) is 0 Å². The molecule has 2 aliphatic rings. The van der Waals surface area contributed by atoms with E-state index >= 15 is 0 Å². The normalized spacial score (nSPS) is 19.8. The molecule has 6 nitrogen and oxygen atoms in total. The highest BCUT2D eigenvalue weighted by Crippen LogP contribution is 2.49. The fourth-order valence-electron chi connectivity index (χ4n) is 5.00. The van der Waals surface area contributed by atoms with E-state index in [1.807, 2.05) is 31.2 Å². The van der Waals surface area contributed by atoms with Crippen LogP contribution in [0.4, 0.5) is 5.88 Å². The molecule has 0 radical (unpaired) electrons. The van der Waals surface area contributed by atoms with Crippen LogP contribution in [0.1, 0.15) is 52.6 Å². The lowest BCUT2D eigenvalue weighted by Crippen LogP contribution is -2.29. The van der Waals surface area contributed by atoms with E-state index < -0.39 is 0 Å². The zero-order valence-electron chi connectivity index (χ0n) is 18.7. The molecule has 6 heteroatoms. The molecular weight excluding hydrogens is 404 g/mol. The summed E-state index contributed by atoms with van der Waals surface area (Å²) in [5.41, 5.74) is 6.79. The number of nitrogens with one attached hydrogen (secondary N) is 1. The van der Waals surface area contributed by atoms with E-state index in [2.05, 4.69) is 35.6 Å². The third-order valence-electron chi connectivity index (χ3n) is 6.51. The molecule has 0 saturated heterocycles. The molecule has 0 unspecified atom stereocenters. The zero-order chi connectivity index (χ0) is 22.4. The molecule has 1 aliphatic heterocycles. The number of Topliss-reactive ketones (excluding diaryl/α,β-unsaturated/α-hetero) is 1. The number of benzene rings is 2. The van der Waals surface area contributed by atoms with E-state index in [1.165, 1.54) is 0 Å². The van der Waals surface area contributed by atoms with Crippen molar-refractivity contribution in [3.63, 3.8) is 0 Å². The molecule has 0 fully saturated rings. The van der Waals surface area contributed by atoms with Crippen LogP contribution in [0.3, 0.4) is 0 Å². The van der Waals surface area contributed by atoms with E-state index in [-0.39, 0.29) is 17.6 Å². The molecule has 3 aromatic rings. The van der Waals surface area contributed by atoms with Crippen molar-refractivity contribution in [1.82, 2.24) is 5.16 Å². The number of aromatic nitrogens is 1. The molecule has 32 heavy (non-hydrogen) atoms. The van der Waals surface area contributed by atoms with Crippen LogP contribution in [-0.2, 0) is 4.79 Å². The van der Waals surface area contributed by atoms with Crippen LogP contribution >= 0.6 is 0 Å². The molecule has 2 atom stereocenters. The lowest BCUT2D eigenvalue weighted by molar-refractivity contribution is -0.116. The maximum absolute atomic E-state index is 13.6. The van der Waals surface area contributed by atoms with Gasteiger partial charge in [0.15, 0.2) is 17.3 Å². The van der Waals surface area contributed by atoms with Crippen molar-refractivity contribution in [2.24, 2.45) is 0 Å². The summed E-state index contributed by atoms with van der Waals surface area (Å²) >= 11 is 0. The van der Waals surface area contributed by atoms with Crippen molar-refractivity contribution in [2.45, 2.75) is 38.5 Å². The maximum Gasteiger partial charge on any atom is 0.233 e. The van der Waals surface area contributed by atoms with Crippen LogP contribution in [0.25, 0.3) is 0 Å². The minimum Gasteiger partial charge on any atom is -0.493 e. The summed E-state index contributed by atoms with van der Waals surface area (Å²) in [6.07, 6.45) is 1.15. The summed E-state index contributed by atoms with van der Waals surface area (Å²) < 4.78 is 16.5. The number of carbonyl (C=O) groups excluding carboxylic acids is 1. The standard InChI is InChI=1S/C26H26N2O4/c1-14-6-5-7-17(10-14)24-23-15(2)28-32-26(23)27-19-11-18(12-20(29)25(19)24)16-8-9-21(30-3)22(13-16)31-4/h5-10,13,18,24,27H,11-12H2,1-4H3/t18-,24-/m0/s1. The van der Waals surface area contributed by atoms with Gasteiger partial charge in [-0.25, -0.2) is 0 Å². The second-order valence-corrected chi connectivity index (χ2v) is 8.52. The third-order valence-corrected chi connectivity index (χ3v) is 6.51. The van der Waals surface area contributed by atoms with Gasteiger partial charge < -0.3 is 19.3 Å². The number of allylic oxidation sites excluding steroid dienone is 2. The number of fused-ring (bicyclic) bond motifs is 1. The predicted octanol–water partition coefficient (Wildman–Crippen LogP) is 5.27. The van der Waals surface area contributed by atoms with E-state index in [0.29, 0.717) is 30.2 Å². The van der Waals surface area contributed by atoms with Crippen molar-refractivity contribution in [3.05, 3.63) is 81.7 Å². The summed E-state index contributed by atoms with van der Waals surface area (Å²) in [4.78, 5) is 13.6. The van der Waals surface area contributed by atoms with E-state index in [0.717, 1.165) is 39.2 Å². The predicted molar refractivity (Wildman–Crippen MR) is 121 cm³/mol. The molecule has 1 aromatic heterocycles. The first-order valence-corrected chi connectivity index (χ1v) is 10.8. The van der Waals surface area contributed by atoms with Gasteiger partial charge in [0.25, 0.3) is 0 Å². The highest BCUT2D eigenvalue weighted by atomic mass is 16.5. The number of ketones is 1. The van der Waals surface area contributed by atoms with Crippen LogP contribution in [0.2, 0.25) is 0 Å². The quantitative estimate of drug-likeness (QED) is 0.608. The molecule has 0 bridgehead atoms. The Labute approximate surface area is 187 Å². The van der Waals surface area contributed by atoms with Crippen LogP contribution < -0.4 is 14.8 Å². The Hall–Kier alpha value is -3.54. The van der Waals surface area contributed by atoms with Gasteiger partial charge in [-0.3, -0.25) is 4.79 Å². The summed E-state index contributed by atoms with van der Waals surface area (Å²) in [6.45, 7) is 4.00. The molecule has 164 valence electrons. The second-order valence-electron chi connectivity index (χ2n) is 8.52. The summed E-state index contributed by atoms with van der Waals surface area (Å²) in [5.74, 6) is 1.99. The van der Waals surface area contributed by atoms with Crippen molar-refractivity contribution >= 4 is 11.7 Å². The van der Waals surface area contributed by atoms with Crippen molar-refractivity contribution in [1.29, 1.82) is 0 Å². The van der Waals surface area contributed by atoms with Gasteiger partial charge in [0.05, 0.1) is 25.5 Å². The lowest BCUT2D eigenvalue weighted by Gasteiger charge is -2.34. The molecule has 0 saturated carbocycles. The average molecular weight is 431 g/mol. The molecule has 0 amide bonds. The summed E-state index contributed by atoms with van der Waals surface area (Å²) in [6, 6.07) is 14.2. The first-order valence-electron chi connectivity index (χ1n) is 10.8. The Morgan fingerprint density at radius 3 is 2.56 bits per heavy atom. The summed E-state index contributed by atoms with van der Waals surface area (Å²) in [7, 11) is 3.24. The van der Waals surface area contributed by atoms with E-state index in [9.17, 15) is 4.79 Å². The van der Waals surface area contributed by atoms with Crippen molar-refractivity contribution in [3.8, 4) is 11.5 Å². The largest absolute Gasteiger partial charge is 0.493 e. The van der Waals surface area contributed by atoms with Gasteiger partial charge >= 0.3 is 0 Å². The number of anilines is 1. The van der Waals surface area contributed by atoms with Crippen LogP contribution in [0, 0.1) is 13.8 Å². The topological polar surface area (TPSA) is 73.6 Å². The SMILES string of the molecule is COc1ccc([C@@H]2CC(=O)C3=C(C2)Nc2onc(C)c2[C@@H]3c2cccc(C)c2)cc1OC. The number of aryl methyl sites for hydroxylation is 2. The Kier molecular flexibility index (Phi) is 5.00. The van der Waals surface area contributed by atoms with Crippen LogP contribution in [-0.4, -0.2) is 25.2 Å². The van der Waals surface area contributed by atoms with Crippen LogP contribution in [0.5, 0.6) is 11.5 Å². The first kappa shape index (κ1) is 20.4. The molecule has 1 aliphatic carbocycles. The Bertz CT molecular complexity index is 1240. The number of carbonyl (C=O) groups is 1. The maximum atomic E-state index is 13.6. The Morgan fingerprint density at radius 1 is 1.00 bits per heavy atom. The van der Waals surface area contributed by atoms with Crippen LogP contribution in [0.15, 0.2) is 58.3 Å². The highest BCUT2D eigenvalue weighted by molar-refractivity contribution is 6.01. The van der Waals surface area contributed by atoms with Crippen molar-refractivity contribution < 1.29 is 18.8 Å². The average Bonchev–Trinajstić information content (AvgIpc) is 3.17. The van der Waals surface area contributed by atoms with Gasteiger partial charge in [-0.2, -0.15) is 0 Å². The number of hydrogen-bond donors (Lipinski definition) is 1. The van der Waals surface area contributed by atoms with E-state index in [1.54, 1.807) is 14.2 Å². The van der Waals surface area contributed by atoms with Gasteiger partial charge in [0.2, 0.25) is 5.88 Å². The molecule has 2 aromatic carbocycles. The minimum absolute atomic E-state index is 0.0392. The smallest absolute Gasteiger partial charge is 0.233 e. The second kappa shape index (κ2) is 7.86. The van der Waals surface area contributed by atoms with Gasteiger partial charge in [-0.1, -0.05) is 41.1 Å². The fourth-order valence-corrected chi connectivity index (χ4v) is 5.00. The monoisotopic (exact) mass is 430 g/mol. The molecule has 5 rings (SSSR count). The number of nitrogens with zero attached hydrogens (tertiary/aromatic N) is 1. The first-order chi connectivity index (χ1) is 15.5. The number of methoxy groups -OCH3 is 2. The van der Waals surface area contributed by atoms with Crippen molar-refractivity contribution in [2.75, 3.05) is 19.5 Å². The number of rotatable bonds is 4. The van der Waals surface area contributed by atoms with Gasteiger partial charge in [0.1, 0.15) is 0 Å².